The van der Waals surface area contributed by atoms with Crippen LogP contribution >= 0.6 is 0 Å². The average Bonchev–Trinajstić information content (AvgIpc) is 2.45. The van der Waals surface area contributed by atoms with Crippen molar-refractivity contribution in [2.24, 2.45) is 16.2 Å². The van der Waals surface area contributed by atoms with Gasteiger partial charge in [0.15, 0.2) is 11.0 Å². The molecule has 0 amide bonds. The Morgan fingerprint density at radius 3 is 2.38 bits per heavy atom. The molecule has 1 saturated carbocycles. The number of hydrogen-bond acceptors (Lipinski definition) is 1. The van der Waals surface area contributed by atoms with Crippen molar-refractivity contribution in [3.63, 3.8) is 0 Å². The first kappa shape index (κ1) is 16.2. The molecule has 1 aromatic carbocycles. The van der Waals surface area contributed by atoms with E-state index < -0.39 is 23.1 Å². The topological polar surface area (TPSA) is 29.4 Å². The van der Waals surface area contributed by atoms with Gasteiger partial charge in [-0.25, -0.2) is 4.21 Å². The lowest BCUT2D eigenvalue weighted by Gasteiger charge is -2.27. The average molecular weight is 317 g/mol. The van der Waals surface area contributed by atoms with Crippen LogP contribution in [-0.2, 0) is 11.0 Å². The van der Waals surface area contributed by atoms with Gasteiger partial charge >= 0.3 is 6.18 Å². The first-order chi connectivity index (χ1) is 9.88. The maximum absolute atomic E-state index is 12.6. The van der Waals surface area contributed by atoms with Crippen molar-refractivity contribution >= 4 is 17.2 Å². The summed E-state index contributed by atoms with van der Waals surface area (Å²) in [6.07, 6.45) is -1.33. The molecule has 6 heteroatoms. The zero-order valence-corrected chi connectivity index (χ0v) is 12.6. The minimum Gasteiger partial charge on any atom is -0.229 e. The van der Waals surface area contributed by atoms with Gasteiger partial charge in [-0.1, -0.05) is 18.2 Å². The van der Waals surface area contributed by atoms with E-state index in [1.54, 1.807) is 18.3 Å². The summed E-state index contributed by atoms with van der Waals surface area (Å²) in [4.78, 5) is 0.651. The monoisotopic (exact) mass is 317 g/mol. The molecule has 0 spiro atoms. The molecule has 1 fully saturated rings. The molecule has 0 N–H and O–H groups in total. The van der Waals surface area contributed by atoms with E-state index in [1.165, 1.54) is 0 Å². The number of alkyl halides is 3. The molecule has 0 aromatic heterocycles. The van der Waals surface area contributed by atoms with Gasteiger partial charge < -0.3 is 0 Å². The number of rotatable bonds is 3. The normalized spacial score (nSPS) is 25.1. The van der Waals surface area contributed by atoms with Crippen LogP contribution in [-0.4, -0.2) is 16.6 Å². The molecule has 0 saturated heterocycles. The van der Waals surface area contributed by atoms with Crippen LogP contribution in [0.4, 0.5) is 13.2 Å². The van der Waals surface area contributed by atoms with E-state index >= 15 is 0 Å². The Kier molecular flexibility index (Phi) is 5.19. The predicted octanol–water partition coefficient (Wildman–Crippen LogP) is 4.46. The zero-order valence-electron chi connectivity index (χ0n) is 11.8. The van der Waals surface area contributed by atoms with E-state index in [1.807, 2.05) is 19.1 Å². The summed E-state index contributed by atoms with van der Waals surface area (Å²) in [6, 6.07) is 7.27. The smallest absolute Gasteiger partial charge is 0.229 e. The van der Waals surface area contributed by atoms with Gasteiger partial charge in [-0.15, -0.1) is 0 Å². The highest BCUT2D eigenvalue weighted by molar-refractivity contribution is 7.83. The van der Waals surface area contributed by atoms with Gasteiger partial charge in [-0.05, 0) is 50.2 Å². The van der Waals surface area contributed by atoms with Gasteiger partial charge in [0, 0.05) is 6.21 Å². The highest BCUT2D eigenvalue weighted by Gasteiger charge is 2.41. The molecule has 21 heavy (non-hydrogen) atoms. The summed E-state index contributed by atoms with van der Waals surface area (Å²) >= 11 is 0. The Hall–Kier alpha value is -1.17. The summed E-state index contributed by atoms with van der Waals surface area (Å²) in [5, 5.41) is 0. The molecule has 116 valence electrons. The molecule has 1 aliphatic rings. The Morgan fingerprint density at radius 1 is 1.19 bits per heavy atom. The molecular formula is C15H18F3NOS. The van der Waals surface area contributed by atoms with E-state index in [4.69, 9.17) is 0 Å². The van der Waals surface area contributed by atoms with Crippen LogP contribution in [0.1, 0.15) is 31.2 Å². The lowest BCUT2D eigenvalue weighted by molar-refractivity contribution is -0.182. The second-order valence-corrected chi connectivity index (χ2v) is 6.57. The number of hydrogen-bond donors (Lipinski definition) is 0. The SMILES string of the molecule is Cc1ccccc1S(=O)/N=C/C1CCC(C(F)(F)F)CC1. The van der Waals surface area contributed by atoms with E-state index in [9.17, 15) is 17.4 Å². The van der Waals surface area contributed by atoms with Gasteiger partial charge in [0.2, 0.25) is 0 Å². The lowest BCUT2D eigenvalue weighted by Crippen LogP contribution is -2.28. The number of benzene rings is 1. The second-order valence-electron chi connectivity index (χ2n) is 5.42. The van der Waals surface area contributed by atoms with Gasteiger partial charge in [-0.3, -0.25) is 0 Å². The Morgan fingerprint density at radius 2 is 1.81 bits per heavy atom. The van der Waals surface area contributed by atoms with Crippen molar-refractivity contribution in [2.75, 3.05) is 0 Å². The van der Waals surface area contributed by atoms with Gasteiger partial charge in [0.25, 0.3) is 0 Å². The van der Waals surface area contributed by atoms with Gasteiger partial charge in [-0.2, -0.15) is 17.6 Å². The maximum atomic E-state index is 12.6. The quantitative estimate of drug-likeness (QED) is 0.757. The van der Waals surface area contributed by atoms with Crippen molar-refractivity contribution in [3.05, 3.63) is 29.8 Å². The number of halogens is 3. The van der Waals surface area contributed by atoms with Crippen LogP contribution in [0, 0.1) is 18.8 Å². The van der Waals surface area contributed by atoms with Gasteiger partial charge in [0.05, 0.1) is 10.8 Å². The third-order valence-corrected chi connectivity index (χ3v) is 5.03. The van der Waals surface area contributed by atoms with E-state index in [0.717, 1.165) is 5.56 Å². The lowest BCUT2D eigenvalue weighted by atomic mass is 9.82. The van der Waals surface area contributed by atoms with Crippen LogP contribution in [0.5, 0.6) is 0 Å². The Bertz CT molecular complexity index is 534. The van der Waals surface area contributed by atoms with E-state index in [-0.39, 0.29) is 18.8 Å². The molecular weight excluding hydrogens is 299 g/mol. The van der Waals surface area contributed by atoms with Crippen molar-refractivity contribution in [1.82, 2.24) is 0 Å². The highest BCUT2D eigenvalue weighted by Crippen LogP contribution is 2.39. The summed E-state index contributed by atoms with van der Waals surface area (Å²) in [5.41, 5.74) is 0.897. The molecule has 1 atom stereocenters. The van der Waals surface area contributed by atoms with Crippen LogP contribution in [0.2, 0.25) is 0 Å². The summed E-state index contributed by atoms with van der Waals surface area (Å²) in [6.45, 7) is 1.86. The predicted molar refractivity (Wildman–Crippen MR) is 77.6 cm³/mol. The Labute approximate surface area is 125 Å². The number of nitrogens with zero attached hydrogens (tertiary/aromatic N) is 1. The molecule has 0 heterocycles. The highest BCUT2D eigenvalue weighted by atomic mass is 32.2. The molecule has 2 nitrogen and oxygen atoms in total. The standard InChI is InChI=1S/C15H18F3NOS/c1-11-4-2-3-5-14(11)21(20)19-10-12-6-8-13(9-7-12)15(16,17)18/h2-5,10,12-13H,6-9H2,1H3/b19-10+. The molecule has 2 rings (SSSR count). The van der Waals surface area contributed by atoms with Crippen molar-refractivity contribution in [3.8, 4) is 0 Å². The zero-order chi connectivity index (χ0) is 15.5. The van der Waals surface area contributed by atoms with E-state index in [2.05, 4.69) is 4.40 Å². The molecule has 0 aliphatic heterocycles. The fourth-order valence-electron chi connectivity index (χ4n) is 2.55. The van der Waals surface area contributed by atoms with Crippen molar-refractivity contribution in [1.29, 1.82) is 0 Å². The third-order valence-electron chi connectivity index (χ3n) is 3.88. The third kappa shape index (κ3) is 4.40. The minimum absolute atomic E-state index is 0.00318. The maximum Gasteiger partial charge on any atom is 0.391 e. The molecule has 1 aliphatic carbocycles. The van der Waals surface area contributed by atoms with E-state index in [0.29, 0.717) is 17.7 Å². The molecule has 1 unspecified atom stereocenters. The first-order valence-corrected chi connectivity index (χ1v) is 8.07. The molecule has 0 radical (unpaired) electrons. The van der Waals surface area contributed by atoms with Gasteiger partial charge in [0.1, 0.15) is 0 Å². The van der Waals surface area contributed by atoms with Crippen molar-refractivity contribution in [2.45, 2.75) is 43.7 Å². The summed E-state index contributed by atoms with van der Waals surface area (Å²) in [7, 11) is -1.48. The fourth-order valence-corrected chi connectivity index (χ4v) is 3.48. The van der Waals surface area contributed by atoms with Crippen LogP contribution in [0.25, 0.3) is 0 Å². The largest absolute Gasteiger partial charge is 0.391 e. The number of aryl methyl sites for hydroxylation is 1. The fraction of sp³-hybridized carbons (Fsp3) is 0.533. The second kappa shape index (κ2) is 6.73. The van der Waals surface area contributed by atoms with Crippen LogP contribution in [0.3, 0.4) is 0 Å². The summed E-state index contributed by atoms with van der Waals surface area (Å²) < 4.78 is 53.8. The van der Waals surface area contributed by atoms with Crippen LogP contribution in [0.15, 0.2) is 33.6 Å². The molecule has 0 bridgehead atoms. The molecule has 1 aromatic rings. The van der Waals surface area contributed by atoms with Crippen LogP contribution < -0.4 is 0 Å². The van der Waals surface area contributed by atoms with Crippen molar-refractivity contribution < 1.29 is 17.4 Å². The Balaban J connectivity index is 1.92. The summed E-state index contributed by atoms with van der Waals surface area (Å²) in [5.74, 6) is -1.19. The minimum atomic E-state index is -4.09. The first-order valence-electron chi connectivity index (χ1n) is 6.96.